The van der Waals surface area contributed by atoms with E-state index in [0.29, 0.717) is 3.63 Å². The first-order valence-electron chi connectivity index (χ1n) is 6.27. The van der Waals surface area contributed by atoms with Gasteiger partial charge in [-0.1, -0.05) is 0 Å². The van der Waals surface area contributed by atoms with E-state index in [4.69, 9.17) is 11.1 Å². The van der Waals surface area contributed by atoms with Gasteiger partial charge in [0.05, 0.1) is 0 Å². The molecular weight excluding hydrogens is 406 g/mol. The van der Waals surface area contributed by atoms with Crippen molar-refractivity contribution in [3.63, 3.8) is 0 Å². The van der Waals surface area contributed by atoms with E-state index in [1.165, 1.54) is 22.3 Å². The molecule has 101 valence electrons. The second-order valence-corrected chi connectivity index (χ2v) is 12.1. The van der Waals surface area contributed by atoms with E-state index in [0.717, 1.165) is 6.42 Å². The third-order valence-electron chi connectivity index (χ3n) is 4.25. The molecule has 1 aliphatic heterocycles. The van der Waals surface area contributed by atoms with Crippen molar-refractivity contribution in [1.29, 1.82) is 0 Å². The van der Waals surface area contributed by atoms with Crippen LogP contribution in [0, 0.1) is 0 Å². The van der Waals surface area contributed by atoms with Gasteiger partial charge in [0.2, 0.25) is 0 Å². The van der Waals surface area contributed by atoms with Crippen LogP contribution in [-0.4, -0.2) is 7.38 Å². The molecule has 2 unspecified atom stereocenters. The minimum absolute atomic E-state index is 0. The van der Waals surface area contributed by atoms with Crippen LogP contribution < -0.4 is 24.8 Å². The molecule has 0 bridgehead atoms. The normalized spacial score (nSPS) is 28.4. The van der Waals surface area contributed by atoms with Crippen LogP contribution in [0.4, 0.5) is 0 Å². The molecule has 0 spiro atoms. The minimum atomic E-state index is -1.62. The first-order valence-corrected chi connectivity index (χ1v) is 11.2. The molecule has 20 heavy (non-hydrogen) atoms. The summed E-state index contributed by atoms with van der Waals surface area (Å²) in [4.78, 5) is 0. The summed E-state index contributed by atoms with van der Waals surface area (Å²) < 4.78 is 0.645. The maximum Gasteiger partial charge on any atom is -1.00 e. The Bertz CT molecular complexity index is 674. The Kier molecular flexibility index (Phi) is 4.66. The first-order chi connectivity index (χ1) is 8.62. The number of benzene rings is 1. The van der Waals surface area contributed by atoms with Gasteiger partial charge in [0.25, 0.3) is 0 Å². The maximum absolute atomic E-state index is 6.75. The van der Waals surface area contributed by atoms with E-state index in [1.54, 1.807) is 35.1 Å². The molecule has 0 fully saturated rings. The molecular formula is C15H12Cl3SiZr. The van der Waals surface area contributed by atoms with Gasteiger partial charge in [0.1, 0.15) is 0 Å². The zero-order valence-electron chi connectivity index (χ0n) is 10.9. The van der Waals surface area contributed by atoms with Crippen LogP contribution in [0.3, 0.4) is 0 Å². The molecule has 2 atom stereocenters. The minimum Gasteiger partial charge on any atom is -1.00 e. The topological polar surface area (TPSA) is 0 Å². The van der Waals surface area contributed by atoms with E-state index in [9.17, 15) is 0 Å². The van der Waals surface area contributed by atoms with E-state index >= 15 is 0 Å². The average Bonchev–Trinajstić information content (AvgIpc) is 2.79. The van der Waals surface area contributed by atoms with Crippen LogP contribution in [0.15, 0.2) is 41.6 Å². The van der Waals surface area contributed by atoms with Gasteiger partial charge in [-0.05, 0) is 0 Å². The van der Waals surface area contributed by atoms with Crippen LogP contribution in [0.2, 0.25) is 6.55 Å². The molecule has 1 heterocycles. The molecule has 0 N–H and O–H groups in total. The van der Waals surface area contributed by atoms with Gasteiger partial charge in [-0.15, -0.1) is 0 Å². The van der Waals surface area contributed by atoms with Gasteiger partial charge in [0.15, 0.2) is 0 Å². The summed E-state index contributed by atoms with van der Waals surface area (Å²) in [6.45, 7) is 2.29. The van der Waals surface area contributed by atoms with Crippen molar-refractivity contribution in [2.24, 2.45) is 0 Å². The van der Waals surface area contributed by atoms with E-state index in [1.807, 2.05) is 0 Å². The summed E-state index contributed by atoms with van der Waals surface area (Å²) in [5.41, 5.74) is 5.94. The fourth-order valence-corrected chi connectivity index (χ4v) is 11.7. The summed E-state index contributed by atoms with van der Waals surface area (Å²) in [5.74, 6) is 0. The standard InChI is InChI=1S/C15H12ClSi.2ClH.Zr/c1-17(16)13-9-11-7-4-8-12(14(11)15(13)17)10-5-2-3-6-10;;;/h2-5,7-9H,6H2,1H3;2*1H;/q;;;+2/p-2. The summed E-state index contributed by atoms with van der Waals surface area (Å²) in [5, 5.41) is 3.18. The van der Waals surface area contributed by atoms with Crippen molar-refractivity contribution in [1.82, 2.24) is 0 Å². The zero-order valence-corrected chi connectivity index (χ0v) is 16.6. The van der Waals surface area contributed by atoms with Gasteiger partial charge >= 0.3 is 129 Å². The fourth-order valence-electron chi connectivity index (χ4n) is 3.32. The zero-order chi connectivity index (χ0) is 12.5. The molecule has 1 aromatic rings. The summed E-state index contributed by atoms with van der Waals surface area (Å²) in [6, 6.07) is 6.79. The Morgan fingerprint density at radius 1 is 1.30 bits per heavy atom. The monoisotopic (exact) mass is 415 g/mol. The second kappa shape index (κ2) is 5.56. The SMILES string of the molecule is C[Si]1(Cl)C2=C1[CH]([Zr+2])c1cccc(C3=CC=CC3)c12.[Cl-].[Cl-]. The molecule has 4 rings (SSSR count). The predicted octanol–water partition coefficient (Wildman–Crippen LogP) is -1.70. The number of allylic oxidation sites excluding steroid dienone is 5. The van der Waals surface area contributed by atoms with Crippen molar-refractivity contribution < 1.29 is 49.5 Å². The summed E-state index contributed by atoms with van der Waals surface area (Å²) >= 11 is 8.34. The Morgan fingerprint density at radius 3 is 2.70 bits per heavy atom. The number of hydrogen-bond acceptors (Lipinski definition) is 0. The Labute approximate surface area is 152 Å². The van der Waals surface area contributed by atoms with E-state index in [-0.39, 0.29) is 24.8 Å². The molecule has 2 aliphatic carbocycles. The summed E-state index contributed by atoms with van der Waals surface area (Å²) in [6.07, 6.45) is 7.72. The van der Waals surface area contributed by atoms with Crippen molar-refractivity contribution in [3.8, 4) is 0 Å². The van der Waals surface area contributed by atoms with Crippen molar-refractivity contribution in [3.05, 3.63) is 58.3 Å². The Morgan fingerprint density at radius 2 is 2.05 bits per heavy atom. The largest absolute Gasteiger partial charge is 1.00 e. The maximum atomic E-state index is 6.75. The average molecular weight is 418 g/mol. The van der Waals surface area contributed by atoms with Gasteiger partial charge in [-0.2, -0.15) is 0 Å². The van der Waals surface area contributed by atoms with Crippen LogP contribution >= 0.6 is 11.1 Å². The van der Waals surface area contributed by atoms with Crippen LogP contribution in [0.5, 0.6) is 0 Å². The number of rotatable bonds is 1. The molecule has 0 saturated heterocycles. The predicted molar refractivity (Wildman–Crippen MR) is 75.3 cm³/mol. The smallest absolute Gasteiger partial charge is 1.00 e. The molecule has 0 amide bonds. The molecule has 3 aliphatic rings. The van der Waals surface area contributed by atoms with Crippen LogP contribution in [0.1, 0.15) is 26.7 Å². The molecule has 0 nitrogen and oxygen atoms in total. The summed E-state index contributed by atoms with van der Waals surface area (Å²) in [7, 11) is -1.62. The van der Waals surface area contributed by atoms with E-state index in [2.05, 4.69) is 43.0 Å². The van der Waals surface area contributed by atoms with Gasteiger partial charge in [-0.3, -0.25) is 0 Å². The van der Waals surface area contributed by atoms with Crippen LogP contribution in [0.25, 0.3) is 10.8 Å². The number of halogens is 3. The quantitative estimate of drug-likeness (QED) is 0.377. The second-order valence-electron chi connectivity index (χ2n) is 5.32. The van der Waals surface area contributed by atoms with E-state index < -0.39 is 7.38 Å². The Hall–Kier alpha value is 0.410. The van der Waals surface area contributed by atoms with Gasteiger partial charge in [0, 0.05) is 0 Å². The number of fused-ring (bicyclic) bond motifs is 2. The van der Waals surface area contributed by atoms with Crippen molar-refractivity contribution >= 4 is 29.2 Å². The molecule has 5 heteroatoms. The third kappa shape index (κ3) is 2.11. The van der Waals surface area contributed by atoms with Crippen LogP contribution in [-0.2, 0) is 24.7 Å². The first kappa shape index (κ1) is 16.8. The van der Waals surface area contributed by atoms with Gasteiger partial charge < -0.3 is 24.8 Å². The molecule has 1 aromatic carbocycles. The fraction of sp³-hybridized carbons (Fsp3) is 0.200. The van der Waals surface area contributed by atoms with Gasteiger partial charge in [-0.25, -0.2) is 0 Å². The molecule has 0 radical (unpaired) electrons. The molecule has 0 saturated carbocycles. The molecule has 0 aromatic heterocycles. The number of hydrogen-bond donors (Lipinski definition) is 0. The van der Waals surface area contributed by atoms with Crippen molar-refractivity contribution in [2.75, 3.05) is 0 Å². The third-order valence-corrected chi connectivity index (χ3v) is 10.4. The Balaban J connectivity index is 0.000000735. The van der Waals surface area contributed by atoms with Crippen molar-refractivity contribution in [2.45, 2.75) is 16.6 Å².